The minimum Gasteiger partial charge on any atom is -0.463 e. The van der Waals surface area contributed by atoms with Gasteiger partial charge in [-0.1, -0.05) is 0 Å². The maximum atomic E-state index is 12.0. The topological polar surface area (TPSA) is 89.8 Å². The molecule has 2 aliphatic rings. The summed E-state index contributed by atoms with van der Waals surface area (Å²) in [5.74, 6) is 0.546. The van der Waals surface area contributed by atoms with E-state index in [-0.39, 0.29) is 10.6 Å². The van der Waals surface area contributed by atoms with Crippen LogP contribution in [0.4, 0.5) is 11.4 Å². The highest BCUT2D eigenvalue weighted by Gasteiger charge is 2.57. The predicted molar refractivity (Wildman–Crippen MR) is 106 cm³/mol. The van der Waals surface area contributed by atoms with E-state index in [1.165, 1.54) is 18.4 Å². The third-order valence-electron chi connectivity index (χ3n) is 5.78. The largest absolute Gasteiger partial charge is 0.463 e. The number of hydrogen-bond acceptors (Lipinski definition) is 6. The quantitative estimate of drug-likeness (QED) is 0.566. The average Bonchev–Trinajstić information content (AvgIpc) is 2.79. The molecule has 7 nitrogen and oxygen atoms in total. The highest BCUT2D eigenvalue weighted by molar-refractivity contribution is 7.90. The van der Waals surface area contributed by atoms with Crippen LogP contribution in [0, 0.1) is 10.1 Å². The molecule has 0 fully saturated rings. The van der Waals surface area contributed by atoms with Crippen molar-refractivity contribution in [2.45, 2.75) is 29.9 Å². The van der Waals surface area contributed by atoms with Gasteiger partial charge < -0.3 is 9.64 Å². The molecule has 0 aliphatic carbocycles. The molecule has 2 aromatic rings. The summed E-state index contributed by atoms with van der Waals surface area (Å²) in [5, 5.41) is 11.0. The van der Waals surface area contributed by atoms with Gasteiger partial charge in [-0.05, 0) is 55.8 Å². The van der Waals surface area contributed by atoms with E-state index in [1.54, 1.807) is 24.3 Å². The molecule has 0 aromatic heterocycles. The lowest BCUT2D eigenvalue weighted by atomic mass is 9.76. The van der Waals surface area contributed by atoms with Crippen LogP contribution in [0.3, 0.4) is 0 Å². The van der Waals surface area contributed by atoms with E-state index in [9.17, 15) is 18.5 Å². The van der Waals surface area contributed by atoms with E-state index in [1.807, 2.05) is 37.9 Å². The predicted octanol–water partition coefficient (Wildman–Crippen LogP) is 3.53. The van der Waals surface area contributed by atoms with Gasteiger partial charge in [-0.15, -0.1) is 0 Å². The van der Waals surface area contributed by atoms with Crippen molar-refractivity contribution in [1.82, 2.24) is 0 Å². The molecule has 0 amide bonds. The Morgan fingerprint density at radius 3 is 2.50 bits per heavy atom. The Morgan fingerprint density at radius 2 is 1.86 bits per heavy atom. The van der Waals surface area contributed by atoms with Gasteiger partial charge in [0.25, 0.3) is 5.69 Å². The Hall–Kier alpha value is -2.87. The summed E-state index contributed by atoms with van der Waals surface area (Å²) in [7, 11) is -1.44. The SMILES string of the molecule is CN1c2ccc(S(C)(=O)=O)cc2C(C)(C)C12C=Cc1cc([N+](=O)[O-])ccc1O2. The van der Waals surface area contributed by atoms with Crippen molar-refractivity contribution < 1.29 is 18.1 Å². The summed E-state index contributed by atoms with van der Waals surface area (Å²) in [5.41, 5.74) is 0.933. The maximum absolute atomic E-state index is 12.0. The van der Waals surface area contributed by atoms with Crippen molar-refractivity contribution in [3.63, 3.8) is 0 Å². The number of fused-ring (bicyclic) bond motifs is 2. The van der Waals surface area contributed by atoms with Crippen molar-refractivity contribution >= 4 is 27.3 Å². The lowest BCUT2D eigenvalue weighted by Crippen LogP contribution is -2.58. The highest BCUT2D eigenvalue weighted by atomic mass is 32.2. The van der Waals surface area contributed by atoms with Crippen molar-refractivity contribution in [3.8, 4) is 5.75 Å². The zero-order valence-corrected chi connectivity index (χ0v) is 16.8. The number of nitro groups is 1. The number of benzene rings is 2. The van der Waals surface area contributed by atoms with Gasteiger partial charge in [-0.2, -0.15) is 0 Å². The normalized spacial score (nSPS) is 21.9. The first-order valence-electron chi connectivity index (χ1n) is 8.72. The zero-order chi connectivity index (χ0) is 20.5. The summed E-state index contributed by atoms with van der Waals surface area (Å²) >= 11 is 0. The van der Waals surface area contributed by atoms with Gasteiger partial charge >= 0.3 is 0 Å². The standard InChI is InChI=1S/C20H20N2O5S/c1-19(2)16-12-15(28(4,25)26)6-7-17(16)21(3)20(19)10-9-13-11-14(22(23)24)5-8-18(13)27-20/h5-12H,1-4H3. The van der Waals surface area contributed by atoms with E-state index in [2.05, 4.69) is 0 Å². The van der Waals surface area contributed by atoms with Crippen LogP contribution < -0.4 is 9.64 Å². The van der Waals surface area contributed by atoms with Crippen LogP contribution in [0.1, 0.15) is 25.0 Å². The molecule has 2 aliphatic heterocycles. The van der Waals surface area contributed by atoms with Crippen molar-refractivity contribution in [1.29, 1.82) is 0 Å². The number of nitrogens with zero attached hydrogens (tertiary/aromatic N) is 2. The Bertz CT molecular complexity index is 1150. The van der Waals surface area contributed by atoms with Gasteiger partial charge in [0.1, 0.15) is 5.75 Å². The molecule has 2 heterocycles. The smallest absolute Gasteiger partial charge is 0.270 e. The van der Waals surface area contributed by atoms with E-state index in [0.717, 1.165) is 11.3 Å². The number of anilines is 1. The lowest BCUT2D eigenvalue weighted by Gasteiger charge is -2.45. The molecule has 0 saturated heterocycles. The van der Waals surface area contributed by atoms with Gasteiger partial charge in [0, 0.05) is 36.7 Å². The first-order valence-corrected chi connectivity index (χ1v) is 10.6. The fourth-order valence-corrected chi connectivity index (χ4v) is 4.77. The molecule has 2 aromatic carbocycles. The van der Waals surface area contributed by atoms with Crippen LogP contribution in [0.15, 0.2) is 47.4 Å². The Labute approximate surface area is 163 Å². The van der Waals surface area contributed by atoms with Crippen molar-refractivity contribution in [3.05, 3.63) is 63.7 Å². The molecule has 0 radical (unpaired) electrons. The van der Waals surface area contributed by atoms with Crippen LogP contribution in [0.2, 0.25) is 0 Å². The Morgan fingerprint density at radius 1 is 1.14 bits per heavy atom. The van der Waals surface area contributed by atoms with E-state index in [4.69, 9.17) is 4.74 Å². The van der Waals surface area contributed by atoms with Crippen LogP contribution in [-0.4, -0.2) is 32.4 Å². The van der Waals surface area contributed by atoms with Crippen molar-refractivity contribution in [2.75, 3.05) is 18.2 Å². The summed E-state index contributed by atoms with van der Waals surface area (Å²) in [6.07, 6.45) is 4.91. The molecule has 0 N–H and O–H groups in total. The van der Waals surface area contributed by atoms with Crippen molar-refractivity contribution in [2.24, 2.45) is 0 Å². The fourth-order valence-electron chi connectivity index (χ4n) is 4.12. The lowest BCUT2D eigenvalue weighted by molar-refractivity contribution is -0.384. The summed E-state index contributed by atoms with van der Waals surface area (Å²) in [6.45, 7) is 4.00. The second kappa shape index (κ2) is 5.57. The highest BCUT2D eigenvalue weighted by Crippen LogP contribution is 2.54. The molecular formula is C20H20N2O5S. The molecule has 1 atom stereocenters. The number of rotatable bonds is 2. The molecular weight excluding hydrogens is 380 g/mol. The third kappa shape index (κ3) is 2.37. The van der Waals surface area contributed by atoms with E-state index in [0.29, 0.717) is 11.3 Å². The van der Waals surface area contributed by atoms with Gasteiger partial charge in [-0.25, -0.2) is 8.42 Å². The van der Waals surface area contributed by atoms with Gasteiger partial charge in [0.05, 0.1) is 15.2 Å². The number of non-ortho nitro benzene ring substituents is 1. The number of hydrogen-bond donors (Lipinski definition) is 0. The van der Waals surface area contributed by atoms with Crippen LogP contribution in [0.25, 0.3) is 6.08 Å². The fraction of sp³-hybridized carbons (Fsp3) is 0.300. The average molecular weight is 400 g/mol. The number of ether oxygens (including phenoxy) is 1. The molecule has 8 heteroatoms. The monoisotopic (exact) mass is 400 g/mol. The first-order chi connectivity index (χ1) is 13.0. The van der Waals surface area contributed by atoms with E-state index >= 15 is 0 Å². The molecule has 1 unspecified atom stereocenters. The Kier molecular flexibility index (Phi) is 3.68. The number of sulfone groups is 1. The van der Waals surface area contributed by atoms with E-state index < -0.39 is 25.9 Å². The second-order valence-corrected chi connectivity index (χ2v) is 9.76. The molecule has 28 heavy (non-hydrogen) atoms. The summed E-state index contributed by atoms with van der Waals surface area (Å²) < 4.78 is 30.5. The number of nitro benzene ring substituents is 1. The van der Waals surface area contributed by atoms with Crippen LogP contribution in [0.5, 0.6) is 5.75 Å². The second-order valence-electron chi connectivity index (χ2n) is 7.75. The summed E-state index contributed by atoms with van der Waals surface area (Å²) in [4.78, 5) is 12.8. The summed E-state index contributed by atoms with van der Waals surface area (Å²) in [6, 6.07) is 9.61. The van der Waals surface area contributed by atoms with Crippen LogP contribution in [-0.2, 0) is 15.3 Å². The molecule has 0 bridgehead atoms. The molecule has 0 saturated carbocycles. The first kappa shape index (κ1) is 18.5. The minimum atomic E-state index is -3.34. The molecule has 4 rings (SSSR count). The maximum Gasteiger partial charge on any atom is 0.270 e. The van der Waals surface area contributed by atoms with Gasteiger partial charge in [-0.3, -0.25) is 10.1 Å². The zero-order valence-electron chi connectivity index (χ0n) is 16.0. The van der Waals surface area contributed by atoms with Gasteiger partial charge in [0.15, 0.2) is 9.84 Å². The molecule has 1 spiro atoms. The minimum absolute atomic E-state index is 0.00284. The molecule has 146 valence electrons. The Balaban J connectivity index is 1.85. The number of likely N-dealkylation sites (N-methyl/N-ethyl adjacent to an activating group) is 1. The van der Waals surface area contributed by atoms with Crippen LogP contribution >= 0.6 is 0 Å². The van der Waals surface area contributed by atoms with Gasteiger partial charge in [0.2, 0.25) is 5.72 Å². The third-order valence-corrected chi connectivity index (χ3v) is 6.89.